The molecule has 66 valence electrons. The standard InChI is InChI=1S/C10H16N2/c1-7(2)9-4-10(8(3)11)6-12-5-9/h4-8H,11H2,1-3H3. The van der Waals surface area contributed by atoms with Gasteiger partial charge in [0.2, 0.25) is 0 Å². The van der Waals surface area contributed by atoms with Crippen LogP contribution in [0.4, 0.5) is 0 Å². The molecule has 0 bridgehead atoms. The second-order valence-corrected chi connectivity index (χ2v) is 3.49. The van der Waals surface area contributed by atoms with E-state index in [1.54, 1.807) is 0 Å². The topological polar surface area (TPSA) is 38.9 Å². The van der Waals surface area contributed by atoms with Gasteiger partial charge in [-0.1, -0.05) is 19.9 Å². The van der Waals surface area contributed by atoms with E-state index in [2.05, 4.69) is 24.9 Å². The van der Waals surface area contributed by atoms with Crippen LogP contribution in [0.15, 0.2) is 18.5 Å². The van der Waals surface area contributed by atoms with Gasteiger partial charge >= 0.3 is 0 Å². The zero-order valence-corrected chi connectivity index (χ0v) is 7.91. The number of hydrogen-bond acceptors (Lipinski definition) is 2. The Morgan fingerprint density at radius 2 is 1.75 bits per heavy atom. The SMILES string of the molecule is CC(C)c1cncc(C(C)N)c1. The fourth-order valence-corrected chi connectivity index (χ4v) is 1.04. The summed E-state index contributed by atoms with van der Waals surface area (Å²) in [5, 5.41) is 0. The molecule has 0 saturated heterocycles. The quantitative estimate of drug-likeness (QED) is 0.728. The summed E-state index contributed by atoms with van der Waals surface area (Å²) in [6.07, 6.45) is 3.73. The van der Waals surface area contributed by atoms with Crippen LogP contribution in [0, 0.1) is 0 Å². The van der Waals surface area contributed by atoms with Gasteiger partial charge in [0, 0.05) is 18.4 Å². The van der Waals surface area contributed by atoms with E-state index in [4.69, 9.17) is 5.73 Å². The lowest BCUT2D eigenvalue weighted by molar-refractivity contribution is 0.792. The molecule has 2 N–H and O–H groups in total. The van der Waals surface area contributed by atoms with Crippen molar-refractivity contribution in [2.75, 3.05) is 0 Å². The third-order valence-corrected chi connectivity index (χ3v) is 1.97. The van der Waals surface area contributed by atoms with Crippen molar-refractivity contribution in [3.05, 3.63) is 29.6 Å². The molecule has 0 amide bonds. The largest absolute Gasteiger partial charge is 0.324 e. The normalized spacial score (nSPS) is 13.4. The Balaban J connectivity index is 2.96. The highest BCUT2D eigenvalue weighted by Crippen LogP contribution is 2.16. The lowest BCUT2D eigenvalue weighted by Crippen LogP contribution is -2.06. The Labute approximate surface area is 73.8 Å². The molecule has 1 aromatic heterocycles. The summed E-state index contributed by atoms with van der Waals surface area (Å²) in [5.41, 5.74) is 8.11. The van der Waals surface area contributed by atoms with Crippen molar-refractivity contribution in [3.63, 3.8) is 0 Å². The van der Waals surface area contributed by atoms with Gasteiger partial charge in [-0.2, -0.15) is 0 Å². The summed E-state index contributed by atoms with van der Waals surface area (Å²) in [6, 6.07) is 2.21. The van der Waals surface area contributed by atoms with E-state index in [1.807, 2.05) is 19.3 Å². The zero-order valence-electron chi connectivity index (χ0n) is 7.91. The molecule has 0 aliphatic rings. The summed E-state index contributed by atoms with van der Waals surface area (Å²) >= 11 is 0. The Morgan fingerprint density at radius 3 is 2.25 bits per heavy atom. The molecule has 2 nitrogen and oxygen atoms in total. The lowest BCUT2D eigenvalue weighted by Gasteiger charge is -2.09. The van der Waals surface area contributed by atoms with Crippen molar-refractivity contribution in [2.24, 2.45) is 5.73 Å². The Morgan fingerprint density at radius 1 is 1.17 bits per heavy atom. The monoisotopic (exact) mass is 164 g/mol. The van der Waals surface area contributed by atoms with Crippen LogP contribution in [0.25, 0.3) is 0 Å². The average molecular weight is 164 g/mol. The van der Waals surface area contributed by atoms with Crippen LogP contribution < -0.4 is 5.73 Å². The molecule has 1 unspecified atom stereocenters. The summed E-state index contributed by atoms with van der Waals surface area (Å²) in [6.45, 7) is 6.28. The number of pyridine rings is 1. The maximum absolute atomic E-state index is 5.74. The first-order chi connectivity index (χ1) is 5.61. The second kappa shape index (κ2) is 3.68. The summed E-state index contributed by atoms with van der Waals surface area (Å²) in [7, 11) is 0. The van der Waals surface area contributed by atoms with Crippen molar-refractivity contribution in [1.29, 1.82) is 0 Å². The third-order valence-electron chi connectivity index (χ3n) is 1.97. The van der Waals surface area contributed by atoms with Crippen molar-refractivity contribution in [3.8, 4) is 0 Å². The molecule has 0 saturated carbocycles. The predicted molar refractivity (Wildman–Crippen MR) is 50.9 cm³/mol. The van der Waals surface area contributed by atoms with Crippen molar-refractivity contribution >= 4 is 0 Å². The summed E-state index contributed by atoms with van der Waals surface area (Å²) in [4.78, 5) is 4.15. The van der Waals surface area contributed by atoms with Gasteiger partial charge in [0.05, 0.1) is 0 Å². The zero-order chi connectivity index (χ0) is 9.14. The molecule has 0 radical (unpaired) electrons. The minimum Gasteiger partial charge on any atom is -0.324 e. The molecular weight excluding hydrogens is 148 g/mol. The molecule has 2 heteroatoms. The van der Waals surface area contributed by atoms with E-state index < -0.39 is 0 Å². The molecule has 1 heterocycles. The highest BCUT2D eigenvalue weighted by molar-refractivity contribution is 5.22. The van der Waals surface area contributed by atoms with E-state index in [0.29, 0.717) is 5.92 Å². The average Bonchev–Trinajstić information content (AvgIpc) is 2.04. The van der Waals surface area contributed by atoms with E-state index >= 15 is 0 Å². The van der Waals surface area contributed by atoms with E-state index in [0.717, 1.165) is 5.56 Å². The molecule has 0 aliphatic carbocycles. The van der Waals surface area contributed by atoms with Crippen molar-refractivity contribution < 1.29 is 0 Å². The smallest absolute Gasteiger partial charge is 0.0315 e. The number of aromatic nitrogens is 1. The number of nitrogens with zero attached hydrogens (tertiary/aromatic N) is 1. The van der Waals surface area contributed by atoms with Gasteiger partial charge in [0.1, 0.15) is 0 Å². The molecule has 0 spiro atoms. The van der Waals surface area contributed by atoms with Crippen LogP contribution in [0.1, 0.15) is 43.9 Å². The summed E-state index contributed by atoms with van der Waals surface area (Å²) < 4.78 is 0. The van der Waals surface area contributed by atoms with Crippen LogP contribution in [-0.4, -0.2) is 4.98 Å². The van der Waals surface area contributed by atoms with Crippen molar-refractivity contribution in [1.82, 2.24) is 4.98 Å². The molecule has 1 aromatic rings. The maximum Gasteiger partial charge on any atom is 0.0315 e. The highest BCUT2D eigenvalue weighted by atomic mass is 14.7. The minimum absolute atomic E-state index is 0.0798. The molecule has 12 heavy (non-hydrogen) atoms. The number of rotatable bonds is 2. The van der Waals surface area contributed by atoms with E-state index in [1.165, 1.54) is 5.56 Å². The van der Waals surface area contributed by atoms with Gasteiger partial charge in [-0.05, 0) is 24.0 Å². The van der Waals surface area contributed by atoms with Gasteiger partial charge in [-0.3, -0.25) is 4.98 Å². The molecule has 1 rings (SSSR count). The predicted octanol–water partition coefficient (Wildman–Crippen LogP) is 2.22. The fourth-order valence-electron chi connectivity index (χ4n) is 1.04. The van der Waals surface area contributed by atoms with E-state index in [9.17, 15) is 0 Å². The van der Waals surface area contributed by atoms with Crippen LogP contribution in [0.3, 0.4) is 0 Å². The van der Waals surface area contributed by atoms with Gasteiger partial charge < -0.3 is 5.73 Å². The third kappa shape index (κ3) is 2.05. The molecule has 0 fully saturated rings. The van der Waals surface area contributed by atoms with Gasteiger partial charge in [0.25, 0.3) is 0 Å². The highest BCUT2D eigenvalue weighted by Gasteiger charge is 2.03. The van der Waals surface area contributed by atoms with Crippen molar-refractivity contribution in [2.45, 2.75) is 32.7 Å². The fraction of sp³-hybridized carbons (Fsp3) is 0.500. The van der Waals surface area contributed by atoms with Gasteiger partial charge in [0.15, 0.2) is 0 Å². The first-order valence-electron chi connectivity index (χ1n) is 4.31. The van der Waals surface area contributed by atoms with Crippen LogP contribution in [0.2, 0.25) is 0 Å². The number of hydrogen-bond donors (Lipinski definition) is 1. The minimum atomic E-state index is 0.0798. The summed E-state index contributed by atoms with van der Waals surface area (Å²) in [5.74, 6) is 0.524. The second-order valence-electron chi connectivity index (χ2n) is 3.49. The first-order valence-corrected chi connectivity index (χ1v) is 4.31. The van der Waals surface area contributed by atoms with Gasteiger partial charge in [-0.25, -0.2) is 0 Å². The van der Waals surface area contributed by atoms with Crippen LogP contribution >= 0.6 is 0 Å². The molecule has 0 aromatic carbocycles. The maximum atomic E-state index is 5.74. The Kier molecular flexibility index (Phi) is 2.82. The first kappa shape index (κ1) is 9.20. The lowest BCUT2D eigenvalue weighted by atomic mass is 10.0. The molecule has 1 atom stereocenters. The van der Waals surface area contributed by atoms with Crippen LogP contribution in [-0.2, 0) is 0 Å². The molecular formula is C10H16N2. The Hall–Kier alpha value is -0.890. The number of nitrogens with two attached hydrogens (primary N) is 1. The van der Waals surface area contributed by atoms with Gasteiger partial charge in [-0.15, -0.1) is 0 Å². The Bertz CT molecular complexity index is 231. The van der Waals surface area contributed by atoms with Crippen LogP contribution in [0.5, 0.6) is 0 Å². The molecule has 0 aliphatic heterocycles. The van der Waals surface area contributed by atoms with E-state index in [-0.39, 0.29) is 6.04 Å².